The molecule has 0 aromatic heterocycles. The number of benzene rings is 1. The minimum absolute atomic E-state index is 0.0267. The van der Waals surface area contributed by atoms with Crippen LogP contribution in [0.1, 0.15) is 52.1 Å². The van der Waals surface area contributed by atoms with E-state index in [-0.39, 0.29) is 18.4 Å². The van der Waals surface area contributed by atoms with Crippen LogP contribution in [0.5, 0.6) is 0 Å². The second kappa shape index (κ2) is 7.98. The molecular formula is C20H28FNO3. The Morgan fingerprint density at radius 3 is 2.52 bits per heavy atom. The van der Waals surface area contributed by atoms with Crippen molar-refractivity contribution in [1.29, 1.82) is 0 Å². The topological polar surface area (TPSA) is 46.6 Å². The van der Waals surface area contributed by atoms with Crippen molar-refractivity contribution >= 4 is 11.9 Å². The van der Waals surface area contributed by atoms with Gasteiger partial charge in [-0.25, -0.2) is 0 Å². The van der Waals surface area contributed by atoms with Crippen LogP contribution in [0.4, 0.5) is 4.39 Å². The average Bonchev–Trinajstić information content (AvgIpc) is 2.92. The first-order valence-electron chi connectivity index (χ1n) is 8.89. The molecule has 1 heterocycles. The Bertz CT molecular complexity index is 597. The lowest BCUT2D eigenvalue weighted by Crippen LogP contribution is -2.37. The van der Waals surface area contributed by atoms with Gasteiger partial charge >= 0.3 is 5.97 Å². The molecule has 0 bridgehead atoms. The molecule has 1 fully saturated rings. The van der Waals surface area contributed by atoms with E-state index >= 15 is 0 Å². The van der Waals surface area contributed by atoms with Crippen molar-refractivity contribution in [1.82, 2.24) is 4.90 Å². The van der Waals surface area contributed by atoms with E-state index in [2.05, 4.69) is 0 Å². The summed E-state index contributed by atoms with van der Waals surface area (Å²) in [5.74, 6) is -1.78. The summed E-state index contributed by atoms with van der Waals surface area (Å²) >= 11 is 0. The molecule has 25 heavy (non-hydrogen) atoms. The minimum Gasteiger partial charge on any atom is -0.460 e. The van der Waals surface area contributed by atoms with Crippen molar-refractivity contribution in [2.45, 2.75) is 52.2 Å². The molecule has 138 valence electrons. The summed E-state index contributed by atoms with van der Waals surface area (Å²) in [5.41, 5.74) is 0.403. The molecule has 3 atom stereocenters. The van der Waals surface area contributed by atoms with Gasteiger partial charge in [-0.15, -0.1) is 0 Å². The summed E-state index contributed by atoms with van der Waals surface area (Å²) in [7, 11) is 0. The second-order valence-electron chi connectivity index (χ2n) is 7.63. The fourth-order valence-electron chi connectivity index (χ4n) is 3.37. The molecule has 0 unspecified atom stereocenters. The third kappa shape index (κ3) is 4.80. The van der Waals surface area contributed by atoms with E-state index in [1.807, 2.05) is 37.3 Å². The highest BCUT2D eigenvalue weighted by molar-refractivity contribution is 5.87. The second-order valence-corrected chi connectivity index (χ2v) is 7.63. The quantitative estimate of drug-likeness (QED) is 0.732. The van der Waals surface area contributed by atoms with Gasteiger partial charge in [-0.2, -0.15) is 0 Å². The molecule has 0 N–H and O–H groups in total. The van der Waals surface area contributed by atoms with E-state index in [0.29, 0.717) is 13.0 Å². The Morgan fingerprint density at radius 1 is 1.32 bits per heavy atom. The number of esters is 1. The third-order valence-electron chi connectivity index (χ3n) is 4.65. The zero-order chi connectivity index (χ0) is 18.6. The maximum Gasteiger partial charge on any atom is 0.310 e. The van der Waals surface area contributed by atoms with Crippen molar-refractivity contribution in [2.24, 2.45) is 11.8 Å². The molecule has 4 nitrogen and oxygen atoms in total. The number of alkyl halides is 1. The van der Waals surface area contributed by atoms with Crippen LogP contribution in [0.15, 0.2) is 30.3 Å². The molecule has 1 aromatic rings. The number of likely N-dealkylation sites (tertiary alicyclic amines) is 1. The molecule has 0 saturated carbocycles. The highest BCUT2D eigenvalue weighted by Gasteiger charge is 2.43. The van der Waals surface area contributed by atoms with Gasteiger partial charge in [0.15, 0.2) is 0 Å². The maximum atomic E-state index is 13.0. The smallest absolute Gasteiger partial charge is 0.310 e. The normalized spacial score (nSPS) is 20.4. The van der Waals surface area contributed by atoms with Crippen LogP contribution in [0, 0.1) is 11.8 Å². The molecule has 0 aliphatic carbocycles. The average molecular weight is 349 g/mol. The van der Waals surface area contributed by atoms with E-state index < -0.39 is 30.1 Å². The lowest BCUT2D eigenvalue weighted by molar-refractivity contribution is -0.164. The lowest BCUT2D eigenvalue weighted by Gasteiger charge is -2.28. The highest BCUT2D eigenvalue weighted by Crippen LogP contribution is 2.34. The van der Waals surface area contributed by atoms with Gasteiger partial charge in [0.25, 0.3) is 0 Å². The number of nitrogens with zero attached hydrogens (tertiary/aromatic N) is 1. The summed E-state index contributed by atoms with van der Waals surface area (Å²) in [4.78, 5) is 27.2. The van der Waals surface area contributed by atoms with Gasteiger partial charge in [0.2, 0.25) is 5.91 Å². The van der Waals surface area contributed by atoms with Crippen molar-refractivity contribution < 1.29 is 18.7 Å². The number of hydrogen-bond acceptors (Lipinski definition) is 3. The van der Waals surface area contributed by atoms with E-state index in [0.717, 1.165) is 5.56 Å². The van der Waals surface area contributed by atoms with Crippen LogP contribution in [0.25, 0.3) is 0 Å². The number of halogens is 1. The number of amides is 1. The summed E-state index contributed by atoms with van der Waals surface area (Å²) in [6.45, 7) is 7.24. The zero-order valence-corrected chi connectivity index (χ0v) is 15.5. The fraction of sp³-hybridized carbons (Fsp3) is 0.600. The van der Waals surface area contributed by atoms with Crippen LogP contribution in [-0.4, -0.2) is 35.6 Å². The standard InChI is InChI=1S/C20H28FNO3/c1-14(15-8-6-5-7-9-15)22-13-11-16(18(22)23)17(10-12-21)19(24)25-20(2,3)4/h5-9,14,16-17H,10-13H2,1-4H3/t14-,16+,17+/m1/s1. The molecule has 1 saturated heterocycles. The van der Waals surface area contributed by atoms with E-state index in [1.165, 1.54) is 0 Å². The number of carbonyl (C=O) groups excluding carboxylic acids is 2. The van der Waals surface area contributed by atoms with E-state index in [4.69, 9.17) is 4.74 Å². The van der Waals surface area contributed by atoms with Gasteiger partial charge in [0.1, 0.15) is 5.60 Å². The van der Waals surface area contributed by atoms with Gasteiger partial charge in [-0.05, 0) is 46.1 Å². The van der Waals surface area contributed by atoms with Crippen LogP contribution in [-0.2, 0) is 14.3 Å². The Labute approximate surface area is 149 Å². The minimum atomic E-state index is -0.718. The predicted octanol–water partition coefficient (Wildman–Crippen LogP) is 3.91. The van der Waals surface area contributed by atoms with Crippen molar-refractivity contribution in [3.05, 3.63) is 35.9 Å². The largest absolute Gasteiger partial charge is 0.460 e. The molecular weight excluding hydrogens is 321 g/mol. The first-order chi connectivity index (χ1) is 11.7. The van der Waals surface area contributed by atoms with Gasteiger partial charge < -0.3 is 9.64 Å². The molecule has 1 aliphatic rings. The van der Waals surface area contributed by atoms with E-state index in [9.17, 15) is 14.0 Å². The van der Waals surface area contributed by atoms with Crippen LogP contribution >= 0.6 is 0 Å². The van der Waals surface area contributed by atoms with Gasteiger partial charge in [0.05, 0.1) is 24.6 Å². The first-order valence-corrected chi connectivity index (χ1v) is 8.89. The zero-order valence-electron chi connectivity index (χ0n) is 15.5. The molecule has 0 radical (unpaired) electrons. The SMILES string of the molecule is C[C@H](c1ccccc1)N1CC[C@@H]([C@H](CCF)C(=O)OC(C)(C)C)C1=O. The van der Waals surface area contributed by atoms with Crippen molar-refractivity contribution in [3.8, 4) is 0 Å². The van der Waals surface area contributed by atoms with Crippen LogP contribution in [0.3, 0.4) is 0 Å². The fourth-order valence-corrected chi connectivity index (χ4v) is 3.37. The third-order valence-corrected chi connectivity index (χ3v) is 4.65. The maximum absolute atomic E-state index is 13.0. The van der Waals surface area contributed by atoms with Gasteiger partial charge in [-0.3, -0.25) is 14.0 Å². The van der Waals surface area contributed by atoms with Crippen molar-refractivity contribution in [3.63, 3.8) is 0 Å². The highest BCUT2D eigenvalue weighted by atomic mass is 19.1. The summed E-state index contributed by atoms with van der Waals surface area (Å²) in [6, 6.07) is 9.72. The molecule has 5 heteroatoms. The predicted molar refractivity (Wildman–Crippen MR) is 94.6 cm³/mol. The summed E-state index contributed by atoms with van der Waals surface area (Å²) in [5, 5.41) is 0. The van der Waals surface area contributed by atoms with Gasteiger partial charge in [0, 0.05) is 6.54 Å². The number of hydrogen-bond donors (Lipinski definition) is 0. The van der Waals surface area contributed by atoms with Crippen LogP contribution < -0.4 is 0 Å². The van der Waals surface area contributed by atoms with Gasteiger partial charge in [-0.1, -0.05) is 30.3 Å². The number of carbonyl (C=O) groups is 2. The van der Waals surface area contributed by atoms with Crippen LogP contribution in [0.2, 0.25) is 0 Å². The lowest BCUT2D eigenvalue weighted by atomic mass is 9.88. The Hall–Kier alpha value is -1.91. The molecule has 1 aromatic carbocycles. The summed E-state index contributed by atoms with van der Waals surface area (Å²) in [6.07, 6.45) is 0.582. The number of ether oxygens (including phenoxy) is 1. The molecule has 2 rings (SSSR count). The summed E-state index contributed by atoms with van der Waals surface area (Å²) < 4.78 is 18.4. The Morgan fingerprint density at radius 2 is 1.96 bits per heavy atom. The monoisotopic (exact) mass is 349 g/mol. The molecule has 1 aliphatic heterocycles. The Kier molecular flexibility index (Phi) is 6.20. The van der Waals surface area contributed by atoms with Crippen molar-refractivity contribution in [2.75, 3.05) is 13.2 Å². The first kappa shape index (κ1) is 19.4. The molecule has 1 amide bonds. The number of rotatable bonds is 6. The molecule has 0 spiro atoms. The van der Waals surface area contributed by atoms with E-state index in [1.54, 1.807) is 25.7 Å². The Balaban J connectivity index is 2.13.